The van der Waals surface area contributed by atoms with Gasteiger partial charge in [0, 0.05) is 41.2 Å². The van der Waals surface area contributed by atoms with Crippen LogP contribution in [0.5, 0.6) is 5.88 Å². The van der Waals surface area contributed by atoms with Gasteiger partial charge >= 0.3 is 0 Å². The molecular formula is C18H18Cl2N4O. The van der Waals surface area contributed by atoms with Gasteiger partial charge in [0.2, 0.25) is 5.88 Å². The first-order valence-electron chi connectivity index (χ1n) is 8.25. The first kappa shape index (κ1) is 16.6. The smallest absolute Gasteiger partial charge is 0.232 e. The summed E-state index contributed by atoms with van der Waals surface area (Å²) >= 11 is 12.4. The highest BCUT2D eigenvalue weighted by atomic mass is 35.5. The number of likely N-dealkylation sites (tertiary alicyclic amines) is 1. The molecule has 0 saturated carbocycles. The lowest BCUT2D eigenvalue weighted by Crippen LogP contribution is -2.38. The third kappa shape index (κ3) is 3.45. The number of aromatic nitrogens is 3. The van der Waals surface area contributed by atoms with Gasteiger partial charge in [-0.2, -0.15) is 0 Å². The number of rotatable bonds is 3. The van der Waals surface area contributed by atoms with Crippen molar-refractivity contribution in [2.45, 2.75) is 18.9 Å². The first-order chi connectivity index (χ1) is 12.1. The molecule has 0 bridgehead atoms. The van der Waals surface area contributed by atoms with Gasteiger partial charge in [-0.05, 0) is 38.6 Å². The molecular weight excluding hydrogens is 359 g/mol. The van der Waals surface area contributed by atoms with Crippen LogP contribution in [-0.4, -0.2) is 45.7 Å². The number of imidazole rings is 1. The summed E-state index contributed by atoms with van der Waals surface area (Å²) < 4.78 is 7.88. The van der Waals surface area contributed by atoms with E-state index in [0.717, 1.165) is 42.7 Å². The van der Waals surface area contributed by atoms with Gasteiger partial charge in [0.05, 0.1) is 5.02 Å². The topological polar surface area (TPSA) is 42.7 Å². The van der Waals surface area contributed by atoms with Crippen LogP contribution in [0, 0.1) is 0 Å². The van der Waals surface area contributed by atoms with Crippen LogP contribution in [-0.2, 0) is 0 Å². The molecule has 130 valence electrons. The van der Waals surface area contributed by atoms with Gasteiger partial charge < -0.3 is 9.64 Å². The van der Waals surface area contributed by atoms with Crippen molar-refractivity contribution in [3.63, 3.8) is 0 Å². The van der Waals surface area contributed by atoms with Crippen LogP contribution >= 0.6 is 23.2 Å². The maximum Gasteiger partial charge on any atom is 0.232 e. The predicted molar refractivity (Wildman–Crippen MR) is 99.6 cm³/mol. The lowest BCUT2D eigenvalue weighted by Gasteiger charge is -2.29. The maximum atomic E-state index is 6.41. The molecule has 2 aromatic heterocycles. The number of halogens is 2. The lowest BCUT2D eigenvalue weighted by molar-refractivity contribution is 0.0989. The van der Waals surface area contributed by atoms with Crippen molar-refractivity contribution in [2.75, 3.05) is 20.1 Å². The van der Waals surface area contributed by atoms with Crippen LogP contribution in [0.25, 0.3) is 16.8 Å². The van der Waals surface area contributed by atoms with E-state index in [-0.39, 0.29) is 6.10 Å². The summed E-state index contributed by atoms with van der Waals surface area (Å²) in [5.74, 6) is 0.576. The molecule has 7 heteroatoms. The van der Waals surface area contributed by atoms with Crippen LogP contribution in [0.1, 0.15) is 12.8 Å². The molecule has 3 aromatic rings. The summed E-state index contributed by atoms with van der Waals surface area (Å²) in [6.07, 6.45) is 5.83. The highest BCUT2D eigenvalue weighted by Gasteiger charge is 2.20. The molecule has 1 aliphatic heterocycles. The zero-order valence-electron chi connectivity index (χ0n) is 13.8. The lowest BCUT2D eigenvalue weighted by atomic mass is 10.1. The second-order valence-corrected chi connectivity index (χ2v) is 7.20. The van der Waals surface area contributed by atoms with Crippen molar-refractivity contribution < 1.29 is 4.74 Å². The fraction of sp³-hybridized carbons (Fsp3) is 0.333. The Kier molecular flexibility index (Phi) is 4.54. The summed E-state index contributed by atoms with van der Waals surface area (Å²) in [5.41, 5.74) is 2.47. The quantitative estimate of drug-likeness (QED) is 0.687. The number of piperidine rings is 1. The number of fused-ring (bicyclic) bond motifs is 1. The Balaban J connectivity index is 1.74. The van der Waals surface area contributed by atoms with Crippen molar-refractivity contribution in [1.29, 1.82) is 0 Å². The van der Waals surface area contributed by atoms with Gasteiger partial charge in [-0.25, -0.2) is 9.50 Å². The fourth-order valence-electron chi connectivity index (χ4n) is 3.24. The van der Waals surface area contributed by atoms with Crippen molar-refractivity contribution in [3.05, 3.63) is 46.7 Å². The zero-order chi connectivity index (χ0) is 17.4. The average molecular weight is 377 g/mol. The minimum absolute atomic E-state index is 0.140. The highest BCUT2D eigenvalue weighted by Crippen LogP contribution is 2.34. The maximum absolute atomic E-state index is 6.41. The third-order valence-electron chi connectivity index (χ3n) is 4.43. The molecule has 1 unspecified atom stereocenters. The van der Waals surface area contributed by atoms with Crippen LogP contribution < -0.4 is 4.74 Å². The van der Waals surface area contributed by atoms with Crippen LogP contribution in [0.15, 0.2) is 36.7 Å². The van der Waals surface area contributed by atoms with Gasteiger partial charge in [-0.3, -0.25) is 0 Å². The minimum Gasteiger partial charge on any atom is -0.472 e. The van der Waals surface area contributed by atoms with E-state index in [0.29, 0.717) is 15.9 Å². The number of ether oxygens (including phenoxy) is 1. The molecule has 0 amide bonds. The summed E-state index contributed by atoms with van der Waals surface area (Å²) in [6.45, 7) is 2.01. The van der Waals surface area contributed by atoms with Gasteiger partial charge in [-0.15, -0.1) is 5.10 Å². The molecule has 5 nitrogen and oxygen atoms in total. The van der Waals surface area contributed by atoms with Gasteiger partial charge in [0.1, 0.15) is 6.10 Å². The van der Waals surface area contributed by atoms with Crippen LogP contribution in [0.4, 0.5) is 0 Å². The Morgan fingerprint density at radius 1 is 1.20 bits per heavy atom. The van der Waals surface area contributed by atoms with Crippen LogP contribution in [0.2, 0.25) is 10.0 Å². The summed E-state index contributed by atoms with van der Waals surface area (Å²) in [7, 11) is 2.11. The monoisotopic (exact) mass is 376 g/mol. The van der Waals surface area contributed by atoms with E-state index in [1.807, 2.05) is 24.4 Å². The van der Waals surface area contributed by atoms with E-state index in [1.165, 1.54) is 0 Å². The molecule has 3 heterocycles. The van der Waals surface area contributed by atoms with Gasteiger partial charge in [-0.1, -0.05) is 29.3 Å². The van der Waals surface area contributed by atoms with Gasteiger partial charge in [0.15, 0.2) is 5.65 Å². The number of hydrogen-bond donors (Lipinski definition) is 0. The molecule has 1 aromatic carbocycles. The van der Waals surface area contributed by atoms with E-state index >= 15 is 0 Å². The molecule has 1 saturated heterocycles. The molecule has 1 fully saturated rings. The number of benzene rings is 1. The molecule has 0 aliphatic carbocycles. The van der Waals surface area contributed by atoms with Crippen molar-refractivity contribution in [1.82, 2.24) is 19.5 Å². The van der Waals surface area contributed by atoms with E-state index in [1.54, 1.807) is 16.8 Å². The zero-order valence-corrected chi connectivity index (χ0v) is 15.3. The number of hydrogen-bond acceptors (Lipinski definition) is 4. The second-order valence-electron chi connectivity index (χ2n) is 6.36. The minimum atomic E-state index is 0.140. The predicted octanol–water partition coefficient (Wildman–Crippen LogP) is 4.18. The molecule has 25 heavy (non-hydrogen) atoms. The summed E-state index contributed by atoms with van der Waals surface area (Å²) in [4.78, 5) is 6.68. The molecule has 1 atom stereocenters. The fourth-order valence-corrected chi connectivity index (χ4v) is 3.75. The number of likely N-dealkylation sites (N-methyl/N-ethyl adjacent to an activating group) is 1. The van der Waals surface area contributed by atoms with E-state index in [4.69, 9.17) is 27.9 Å². The first-order valence-corrected chi connectivity index (χ1v) is 9.01. The van der Waals surface area contributed by atoms with E-state index < -0.39 is 0 Å². The van der Waals surface area contributed by atoms with Gasteiger partial charge in [0.25, 0.3) is 0 Å². The molecule has 1 aliphatic rings. The molecule has 0 N–H and O–H groups in total. The SMILES string of the molecule is CN1CCCC(Oc2cc(-c3ccc(Cl)cc3Cl)c3nccn3n2)C1. The highest BCUT2D eigenvalue weighted by molar-refractivity contribution is 6.36. The van der Waals surface area contributed by atoms with Crippen molar-refractivity contribution in [3.8, 4) is 17.0 Å². The molecule has 4 rings (SSSR count). The standard InChI is InChI=1S/C18H18Cl2N4O/c1-23-7-2-3-13(11-23)25-17-10-15(18-21-6-8-24(18)22-17)14-5-4-12(19)9-16(14)20/h4-6,8-10,13H,2-3,7,11H2,1H3. The Morgan fingerprint density at radius 3 is 2.88 bits per heavy atom. The van der Waals surface area contributed by atoms with Crippen molar-refractivity contribution >= 4 is 28.8 Å². The largest absolute Gasteiger partial charge is 0.472 e. The Morgan fingerprint density at radius 2 is 2.08 bits per heavy atom. The summed E-state index contributed by atoms with van der Waals surface area (Å²) in [6, 6.07) is 7.35. The second kappa shape index (κ2) is 6.83. The van der Waals surface area contributed by atoms with Crippen LogP contribution in [0.3, 0.4) is 0 Å². The molecule has 0 spiro atoms. The average Bonchev–Trinajstić information content (AvgIpc) is 3.03. The van der Waals surface area contributed by atoms with Crippen molar-refractivity contribution in [2.24, 2.45) is 0 Å². The Bertz CT molecular complexity index is 911. The van der Waals surface area contributed by atoms with E-state index in [9.17, 15) is 0 Å². The summed E-state index contributed by atoms with van der Waals surface area (Å²) in [5, 5.41) is 5.71. The third-order valence-corrected chi connectivity index (χ3v) is 4.97. The number of nitrogens with zero attached hydrogens (tertiary/aromatic N) is 4. The Labute approximate surface area is 156 Å². The normalized spacial score (nSPS) is 18.6. The Hall–Kier alpha value is -1.82. The van der Waals surface area contributed by atoms with E-state index in [2.05, 4.69) is 22.0 Å². The molecule has 0 radical (unpaired) electrons.